The molecule has 0 aromatic heterocycles. The third-order valence-corrected chi connectivity index (χ3v) is 6.21. The van der Waals surface area contributed by atoms with E-state index in [-0.39, 0.29) is 17.9 Å². The molecule has 0 spiro atoms. The maximum absolute atomic E-state index is 13.1. The predicted molar refractivity (Wildman–Crippen MR) is 126 cm³/mol. The van der Waals surface area contributed by atoms with Crippen molar-refractivity contribution < 1.29 is 9.59 Å². The SMILES string of the molecule is CC[C@H](C)NC(=O)[C@@H](C)N(Cc1cccc(C)c1)C(=O)CSCc1ccc(C)cc1. The molecule has 0 saturated heterocycles. The van der Waals surface area contributed by atoms with Crippen LogP contribution in [0.2, 0.25) is 0 Å². The fourth-order valence-corrected chi connectivity index (χ4v) is 3.95. The lowest BCUT2D eigenvalue weighted by Crippen LogP contribution is -2.50. The molecule has 2 aromatic carbocycles. The number of hydrogen-bond donors (Lipinski definition) is 1. The summed E-state index contributed by atoms with van der Waals surface area (Å²) in [6.45, 7) is 10.4. The van der Waals surface area contributed by atoms with Gasteiger partial charge in [0.2, 0.25) is 11.8 Å². The molecule has 2 aromatic rings. The van der Waals surface area contributed by atoms with Crippen molar-refractivity contribution in [3.05, 3.63) is 70.8 Å². The highest BCUT2D eigenvalue weighted by atomic mass is 32.2. The molecule has 0 aliphatic carbocycles. The number of aryl methyl sites for hydroxylation is 2. The molecule has 2 amide bonds. The zero-order chi connectivity index (χ0) is 22.1. The Morgan fingerprint density at radius 2 is 1.70 bits per heavy atom. The topological polar surface area (TPSA) is 49.4 Å². The average Bonchev–Trinajstić information content (AvgIpc) is 2.72. The van der Waals surface area contributed by atoms with Gasteiger partial charge in [-0.3, -0.25) is 9.59 Å². The second-order valence-electron chi connectivity index (χ2n) is 7.98. The molecule has 0 heterocycles. The first-order chi connectivity index (χ1) is 14.3. The van der Waals surface area contributed by atoms with Gasteiger partial charge in [0.25, 0.3) is 0 Å². The molecule has 0 aliphatic rings. The molecule has 0 radical (unpaired) electrons. The van der Waals surface area contributed by atoms with Crippen molar-refractivity contribution in [1.29, 1.82) is 0 Å². The summed E-state index contributed by atoms with van der Waals surface area (Å²) in [5, 5.41) is 3.01. The number of nitrogens with one attached hydrogen (secondary N) is 1. The zero-order valence-electron chi connectivity index (χ0n) is 18.8. The molecule has 0 aliphatic heterocycles. The van der Waals surface area contributed by atoms with E-state index in [1.165, 1.54) is 11.1 Å². The van der Waals surface area contributed by atoms with Gasteiger partial charge in [-0.15, -0.1) is 11.8 Å². The maximum Gasteiger partial charge on any atom is 0.242 e. The summed E-state index contributed by atoms with van der Waals surface area (Å²) in [4.78, 5) is 27.5. The predicted octanol–water partition coefficient (Wildman–Crippen LogP) is 4.87. The third kappa shape index (κ3) is 7.52. The van der Waals surface area contributed by atoms with E-state index in [0.717, 1.165) is 23.3 Å². The number of hydrogen-bond acceptors (Lipinski definition) is 3. The molecule has 162 valence electrons. The van der Waals surface area contributed by atoms with Crippen LogP contribution in [-0.4, -0.2) is 34.6 Å². The molecule has 0 fully saturated rings. The minimum atomic E-state index is -0.521. The molecule has 0 unspecified atom stereocenters. The van der Waals surface area contributed by atoms with E-state index in [9.17, 15) is 9.59 Å². The Bertz CT molecular complexity index is 835. The summed E-state index contributed by atoms with van der Waals surface area (Å²) in [7, 11) is 0. The first-order valence-corrected chi connectivity index (χ1v) is 11.7. The highest BCUT2D eigenvalue weighted by Crippen LogP contribution is 2.17. The molecule has 0 saturated carbocycles. The third-order valence-electron chi connectivity index (χ3n) is 5.22. The number of benzene rings is 2. The summed E-state index contributed by atoms with van der Waals surface area (Å²) in [6, 6.07) is 16.0. The summed E-state index contributed by atoms with van der Waals surface area (Å²) >= 11 is 1.59. The molecule has 4 nitrogen and oxygen atoms in total. The van der Waals surface area contributed by atoms with Gasteiger partial charge in [-0.1, -0.05) is 66.6 Å². The summed E-state index contributed by atoms with van der Waals surface area (Å²) in [6.07, 6.45) is 0.858. The molecule has 5 heteroatoms. The fourth-order valence-electron chi connectivity index (χ4n) is 3.08. The Hall–Kier alpha value is -2.27. The van der Waals surface area contributed by atoms with E-state index in [4.69, 9.17) is 0 Å². The number of nitrogens with zero attached hydrogens (tertiary/aromatic N) is 1. The van der Waals surface area contributed by atoms with Crippen molar-refractivity contribution in [2.45, 2.75) is 65.4 Å². The molecular formula is C25H34N2O2S. The number of carbonyl (C=O) groups excluding carboxylic acids is 2. The number of thioether (sulfide) groups is 1. The molecule has 2 rings (SSSR count). The van der Waals surface area contributed by atoms with Gasteiger partial charge in [-0.2, -0.15) is 0 Å². The molecule has 1 N–H and O–H groups in total. The van der Waals surface area contributed by atoms with Gasteiger partial charge < -0.3 is 10.2 Å². The number of carbonyl (C=O) groups is 2. The minimum Gasteiger partial charge on any atom is -0.352 e. The monoisotopic (exact) mass is 426 g/mol. The van der Waals surface area contributed by atoms with Gasteiger partial charge in [0.15, 0.2) is 0 Å². The van der Waals surface area contributed by atoms with Gasteiger partial charge in [-0.25, -0.2) is 0 Å². The summed E-state index contributed by atoms with van der Waals surface area (Å²) < 4.78 is 0. The summed E-state index contributed by atoms with van der Waals surface area (Å²) in [5.41, 5.74) is 4.61. The quantitative estimate of drug-likeness (QED) is 0.590. The van der Waals surface area contributed by atoms with Crippen LogP contribution in [0.1, 0.15) is 49.4 Å². The lowest BCUT2D eigenvalue weighted by atomic mass is 10.1. The van der Waals surface area contributed by atoms with Crippen LogP contribution >= 0.6 is 11.8 Å². The first kappa shape index (κ1) is 24.0. The highest BCUT2D eigenvalue weighted by Gasteiger charge is 2.26. The van der Waals surface area contributed by atoms with Gasteiger partial charge in [0, 0.05) is 18.3 Å². The molecular weight excluding hydrogens is 392 g/mol. The Kier molecular flexibility index (Phi) is 9.44. The largest absolute Gasteiger partial charge is 0.352 e. The molecule has 0 bridgehead atoms. The average molecular weight is 427 g/mol. The van der Waals surface area contributed by atoms with Gasteiger partial charge >= 0.3 is 0 Å². The molecule has 30 heavy (non-hydrogen) atoms. The van der Waals surface area contributed by atoms with Gasteiger partial charge in [0.1, 0.15) is 6.04 Å². The van der Waals surface area contributed by atoms with Crippen LogP contribution in [0.4, 0.5) is 0 Å². The minimum absolute atomic E-state index is 0.0135. The van der Waals surface area contributed by atoms with Crippen molar-refractivity contribution >= 4 is 23.6 Å². The van der Waals surface area contributed by atoms with E-state index in [1.807, 2.05) is 45.9 Å². The highest BCUT2D eigenvalue weighted by molar-refractivity contribution is 7.99. The van der Waals surface area contributed by atoms with Crippen LogP contribution in [0.3, 0.4) is 0 Å². The van der Waals surface area contributed by atoms with Crippen LogP contribution in [0.25, 0.3) is 0 Å². The maximum atomic E-state index is 13.1. The van der Waals surface area contributed by atoms with Crippen LogP contribution in [0, 0.1) is 13.8 Å². The van der Waals surface area contributed by atoms with Crippen molar-refractivity contribution in [3.8, 4) is 0 Å². The second-order valence-corrected chi connectivity index (χ2v) is 8.97. The Balaban J connectivity index is 2.07. The second kappa shape index (κ2) is 11.8. The van der Waals surface area contributed by atoms with Gasteiger partial charge in [0.05, 0.1) is 5.75 Å². The van der Waals surface area contributed by atoms with E-state index in [0.29, 0.717) is 12.3 Å². The Labute approximate surface area is 185 Å². The number of rotatable bonds is 10. The number of amides is 2. The standard InChI is InChI=1S/C25H34N2O2S/c1-6-20(4)26-25(29)21(5)27(15-23-9-7-8-19(3)14-23)24(28)17-30-16-22-12-10-18(2)11-13-22/h7-14,20-21H,6,15-17H2,1-5H3,(H,26,29)/t20-,21+/m0/s1. The van der Waals surface area contributed by atoms with Crippen molar-refractivity contribution in [2.75, 3.05) is 5.75 Å². The lowest BCUT2D eigenvalue weighted by molar-refractivity contribution is -0.138. The van der Waals surface area contributed by atoms with E-state index < -0.39 is 6.04 Å². The van der Waals surface area contributed by atoms with E-state index in [1.54, 1.807) is 16.7 Å². The van der Waals surface area contributed by atoms with Crippen LogP contribution in [-0.2, 0) is 21.9 Å². The summed E-state index contributed by atoms with van der Waals surface area (Å²) in [5.74, 6) is 1.01. The smallest absolute Gasteiger partial charge is 0.242 e. The Morgan fingerprint density at radius 3 is 2.33 bits per heavy atom. The van der Waals surface area contributed by atoms with Crippen molar-refractivity contribution in [3.63, 3.8) is 0 Å². The van der Waals surface area contributed by atoms with Crippen LogP contribution in [0.15, 0.2) is 48.5 Å². The van der Waals surface area contributed by atoms with Crippen molar-refractivity contribution in [1.82, 2.24) is 10.2 Å². The van der Waals surface area contributed by atoms with Crippen molar-refractivity contribution in [2.24, 2.45) is 0 Å². The molecule has 2 atom stereocenters. The normalized spacial score (nSPS) is 12.8. The van der Waals surface area contributed by atoms with Gasteiger partial charge in [-0.05, 0) is 45.2 Å². The fraction of sp³-hybridized carbons (Fsp3) is 0.440. The van der Waals surface area contributed by atoms with Crippen LogP contribution < -0.4 is 5.32 Å². The van der Waals surface area contributed by atoms with E-state index >= 15 is 0 Å². The Morgan fingerprint density at radius 1 is 1.00 bits per heavy atom. The lowest BCUT2D eigenvalue weighted by Gasteiger charge is -2.29. The van der Waals surface area contributed by atoms with E-state index in [2.05, 4.69) is 42.6 Å². The van der Waals surface area contributed by atoms with Crippen LogP contribution in [0.5, 0.6) is 0 Å². The first-order valence-electron chi connectivity index (χ1n) is 10.6. The zero-order valence-corrected chi connectivity index (χ0v) is 19.6.